The second-order valence-corrected chi connectivity index (χ2v) is 5.23. The van der Waals surface area contributed by atoms with Gasteiger partial charge in [0.1, 0.15) is 0 Å². The average Bonchev–Trinajstić information content (AvgIpc) is 2.52. The first-order chi connectivity index (χ1) is 9.79. The molecule has 110 valence electrons. The van der Waals surface area contributed by atoms with Crippen LogP contribution in [-0.2, 0) is 16.0 Å². The highest BCUT2D eigenvalue weighted by molar-refractivity contribution is 5.76. The van der Waals surface area contributed by atoms with Gasteiger partial charge in [0.15, 0.2) is 0 Å². The number of hydrogen-bond donors (Lipinski definition) is 1. The van der Waals surface area contributed by atoms with Crippen molar-refractivity contribution in [3.05, 3.63) is 24.3 Å². The molecule has 1 N–H and O–H groups in total. The summed E-state index contributed by atoms with van der Waals surface area (Å²) in [5, 5.41) is 3.16. The maximum Gasteiger partial charge on any atom is 0.220 e. The van der Waals surface area contributed by atoms with Crippen LogP contribution in [0.1, 0.15) is 38.3 Å². The van der Waals surface area contributed by atoms with Gasteiger partial charge in [-0.3, -0.25) is 14.8 Å². The van der Waals surface area contributed by atoms with Crippen LogP contribution in [0.3, 0.4) is 0 Å². The van der Waals surface area contributed by atoms with Gasteiger partial charge in [-0.25, -0.2) is 0 Å². The fraction of sp³-hybridized carbons (Fsp3) is 0.667. The minimum absolute atomic E-state index is 0.106. The van der Waals surface area contributed by atoms with E-state index in [4.69, 9.17) is 4.74 Å². The predicted octanol–water partition coefficient (Wildman–Crippen LogP) is 1.73. The highest BCUT2D eigenvalue weighted by Crippen LogP contribution is 2.20. The van der Waals surface area contributed by atoms with Crippen LogP contribution in [0.15, 0.2) is 18.6 Å². The van der Waals surface area contributed by atoms with E-state index < -0.39 is 0 Å². The molecule has 5 nitrogen and oxygen atoms in total. The average molecular weight is 277 g/mol. The summed E-state index contributed by atoms with van der Waals surface area (Å²) < 4.78 is 5.38. The molecule has 1 aliphatic heterocycles. The fourth-order valence-electron chi connectivity index (χ4n) is 2.65. The molecule has 0 saturated carbocycles. The van der Waals surface area contributed by atoms with Crippen LogP contribution in [-0.4, -0.2) is 35.1 Å². The molecular formula is C15H23N3O2. The van der Waals surface area contributed by atoms with Gasteiger partial charge in [0.2, 0.25) is 5.91 Å². The molecule has 0 spiro atoms. The zero-order valence-electron chi connectivity index (χ0n) is 12.0. The van der Waals surface area contributed by atoms with Crippen molar-refractivity contribution in [3.63, 3.8) is 0 Å². The maximum atomic E-state index is 12.0. The van der Waals surface area contributed by atoms with Crippen LogP contribution in [0.25, 0.3) is 0 Å². The van der Waals surface area contributed by atoms with Crippen molar-refractivity contribution in [3.8, 4) is 0 Å². The lowest BCUT2D eigenvalue weighted by Gasteiger charge is -2.30. The molecule has 5 heteroatoms. The van der Waals surface area contributed by atoms with Gasteiger partial charge in [-0.2, -0.15) is 0 Å². The van der Waals surface area contributed by atoms with E-state index in [0.717, 1.165) is 38.2 Å². The minimum Gasteiger partial charge on any atom is -0.381 e. The van der Waals surface area contributed by atoms with E-state index in [2.05, 4.69) is 22.2 Å². The summed E-state index contributed by atoms with van der Waals surface area (Å²) in [6.45, 7) is 3.76. The minimum atomic E-state index is 0.106. The zero-order valence-corrected chi connectivity index (χ0v) is 12.0. The summed E-state index contributed by atoms with van der Waals surface area (Å²) in [5.74, 6) is 0.656. The smallest absolute Gasteiger partial charge is 0.220 e. The number of rotatable bonds is 6. The van der Waals surface area contributed by atoms with E-state index >= 15 is 0 Å². The summed E-state index contributed by atoms with van der Waals surface area (Å²) in [7, 11) is 0. The molecule has 0 aromatic carbocycles. The molecule has 1 aromatic heterocycles. The lowest BCUT2D eigenvalue weighted by Crippen LogP contribution is -2.42. The topological polar surface area (TPSA) is 64.1 Å². The molecule has 1 amide bonds. The normalized spacial score (nSPS) is 17.6. The Hall–Kier alpha value is -1.49. The third-order valence-electron chi connectivity index (χ3n) is 3.85. The third-order valence-corrected chi connectivity index (χ3v) is 3.85. The molecule has 2 rings (SSSR count). The Morgan fingerprint density at radius 3 is 2.90 bits per heavy atom. The Morgan fingerprint density at radius 1 is 1.45 bits per heavy atom. The summed E-state index contributed by atoms with van der Waals surface area (Å²) >= 11 is 0. The molecule has 0 radical (unpaired) electrons. The fourth-order valence-corrected chi connectivity index (χ4v) is 2.65. The van der Waals surface area contributed by atoms with Crippen LogP contribution >= 0.6 is 0 Å². The molecule has 2 heterocycles. The van der Waals surface area contributed by atoms with Crippen molar-refractivity contribution in [2.45, 2.75) is 45.1 Å². The largest absolute Gasteiger partial charge is 0.381 e. The van der Waals surface area contributed by atoms with Gasteiger partial charge in [-0.1, -0.05) is 6.92 Å². The molecular weight excluding hydrogens is 254 g/mol. The van der Waals surface area contributed by atoms with Crippen molar-refractivity contribution in [1.82, 2.24) is 15.3 Å². The number of aryl methyl sites for hydroxylation is 1. The van der Waals surface area contributed by atoms with Crippen LogP contribution in [0.4, 0.5) is 0 Å². The van der Waals surface area contributed by atoms with Gasteiger partial charge >= 0.3 is 0 Å². The standard InChI is InChI=1S/C15H23N3O2/c1-2-14(12-5-9-20-10-6-12)18-15(19)4-3-13-11-16-7-8-17-13/h7-8,11-12,14H,2-6,9-10H2,1H3,(H,18,19). The van der Waals surface area contributed by atoms with Crippen LogP contribution < -0.4 is 5.32 Å². The molecule has 1 unspecified atom stereocenters. The first kappa shape index (κ1) is 14.9. The van der Waals surface area contributed by atoms with E-state index in [1.54, 1.807) is 18.6 Å². The van der Waals surface area contributed by atoms with Gasteiger partial charge in [-0.15, -0.1) is 0 Å². The molecule has 0 aliphatic carbocycles. The number of aromatic nitrogens is 2. The summed E-state index contributed by atoms with van der Waals surface area (Å²) in [6.07, 6.45) is 9.19. The van der Waals surface area contributed by atoms with Crippen molar-refractivity contribution in [2.24, 2.45) is 5.92 Å². The predicted molar refractivity (Wildman–Crippen MR) is 76.1 cm³/mol. The molecule has 20 heavy (non-hydrogen) atoms. The van der Waals surface area contributed by atoms with Crippen LogP contribution in [0.2, 0.25) is 0 Å². The highest BCUT2D eigenvalue weighted by Gasteiger charge is 2.23. The summed E-state index contributed by atoms with van der Waals surface area (Å²) in [5.41, 5.74) is 0.863. The number of carbonyl (C=O) groups is 1. The van der Waals surface area contributed by atoms with E-state index in [1.807, 2.05) is 0 Å². The Morgan fingerprint density at radius 2 is 2.25 bits per heavy atom. The van der Waals surface area contributed by atoms with Gasteiger partial charge < -0.3 is 10.1 Å². The number of hydrogen-bond acceptors (Lipinski definition) is 4. The SMILES string of the molecule is CCC(NC(=O)CCc1cnccn1)C1CCOCC1. The lowest BCUT2D eigenvalue weighted by atomic mass is 9.90. The number of carbonyl (C=O) groups excluding carboxylic acids is 1. The zero-order chi connectivity index (χ0) is 14.2. The van der Waals surface area contributed by atoms with Crippen molar-refractivity contribution < 1.29 is 9.53 Å². The van der Waals surface area contributed by atoms with E-state index in [-0.39, 0.29) is 11.9 Å². The molecule has 1 aromatic rings. The van der Waals surface area contributed by atoms with E-state index in [9.17, 15) is 4.79 Å². The van der Waals surface area contributed by atoms with Crippen LogP contribution in [0, 0.1) is 5.92 Å². The molecule has 1 fully saturated rings. The Kier molecular flexibility index (Phi) is 5.92. The van der Waals surface area contributed by atoms with Crippen molar-refractivity contribution in [1.29, 1.82) is 0 Å². The first-order valence-electron chi connectivity index (χ1n) is 7.41. The molecule has 1 atom stereocenters. The number of nitrogens with zero attached hydrogens (tertiary/aromatic N) is 2. The Bertz CT molecular complexity index is 405. The second kappa shape index (κ2) is 7.94. The summed E-state index contributed by atoms with van der Waals surface area (Å²) in [4.78, 5) is 20.2. The highest BCUT2D eigenvalue weighted by atomic mass is 16.5. The van der Waals surface area contributed by atoms with Gasteiger partial charge in [-0.05, 0) is 31.6 Å². The Balaban J connectivity index is 1.77. The second-order valence-electron chi connectivity index (χ2n) is 5.23. The van der Waals surface area contributed by atoms with Crippen molar-refractivity contribution in [2.75, 3.05) is 13.2 Å². The molecule has 0 bridgehead atoms. The number of ether oxygens (including phenoxy) is 1. The molecule has 1 aliphatic rings. The van der Waals surface area contributed by atoms with Gasteiger partial charge in [0.05, 0.1) is 5.69 Å². The number of nitrogens with one attached hydrogen (secondary N) is 1. The van der Waals surface area contributed by atoms with Crippen molar-refractivity contribution >= 4 is 5.91 Å². The first-order valence-corrected chi connectivity index (χ1v) is 7.41. The summed E-state index contributed by atoms with van der Waals surface area (Å²) in [6, 6.07) is 0.272. The van der Waals surface area contributed by atoms with Crippen LogP contribution in [0.5, 0.6) is 0 Å². The maximum absolute atomic E-state index is 12.0. The monoisotopic (exact) mass is 277 g/mol. The lowest BCUT2D eigenvalue weighted by molar-refractivity contribution is -0.122. The molecule has 1 saturated heterocycles. The quantitative estimate of drug-likeness (QED) is 0.860. The number of amides is 1. The van der Waals surface area contributed by atoms with E-state index in [1.165, 1.54) is 0 Å². The Labute approximate surface area is 120 Å². The van der Waals surface area contributed by atoms with Gasteiger partial charge in [0, 0.05) is 44.3 Å². The van der Waals surface area contributed by atoms with E-state index in [0.29, 0.717) is 18.8 Å². The third kappa shape index (κ3) is 4.56. The van der Waals surface area contributed by atoms with Gasteiger partial charge in [0.25, 0.3) is 0 Å².